The number of nitrogens with zero attached hydrogens (tertiary/aromatic N) is 1. The van der Waals surface area contributed by atoms with Crippen molar-refractivity contribution in [2.24, 2.45) is 0 Å². The van der Waals surface area contributed by atoms with Gasteiger partial charge in [-0.1, -0.05) is 6.92 Å². The van der Waals surface area contributed by atoms with E-state index in [1.807, 2.05) is 13.8 Å². The molecule has 1 saturated carbocycles. The summed E-state index contributed by atoms with van der Waals surface area (Å²) >= 11 is 0. The molecule has 100 valence electrons. The number of hydrogen-bond donors (Lipinski definition) is 1. The maximum atomic E-state index is 11.9. The van der Waals surface area contributed by atoms with Gasteiger partial charge in [0.05, 0.1) is 7.11 Å². The summed E-state index contributed by atoms with van der Waals surface area (Å²) in [7, 11) is 3.60. The van der Waals surface area contributed by atoms with Crippen molar-refractivity contribution in [2.45, 2.75) is 57.7 Å². The van der Waals surface area contributed by atoms with Crippen LogP contribution in [-0.4, -0.2) is 49.2 Å². The first-order valence-corrected chi connectivity index (χ1v) is 6.50. The molecule has 1 aliphatic carbocycles. The maximum absolute atomic E-state index is 11.9. The van der Waals surface area contributed by atoms with Crippen LogP contribution in [-0.2, 0) is 9.53 Å². The monoisotopic (exact) mass is 242 g/mol. The minimum absolute atomic E-state index is 0.171. The van der Waals surface area contributed by atoms with Gasteiger partial charge in [0, 0.05) is 12.1 Å². The van der Waals surface area contributed by atoms with Gasteiger partial charge in [-0.2, -0.15) is 0 Å². The van der Waals surface area contributed by atoms with E-state index in [0.29, 0.717) is 12.1 Å². The van der Waals surface area contributed by atoms with Gasteiger partial charge in [-0.25, -0.2) is 0 Å². The second-order valence-electron chi connectivity index (χ2n) is 5.30. The maximum Gasteiger partial charge on any atom is 0.325 e. The molecule has 4 heteroatoms. The predicted molar refractivity (Wildman–Crippen MR) is 69.0 cm³/mol. The van der Waals surface area contributed by atoms with Crippen molar-refractivity contribution in [3.05, 3.63) is 0 Å². The summed E-state index contributed by atoms with van der Waals surface area (Å²) < 4.78 is 4.90. The Morgan fingerprint density at radius 2 is 2.18 bits per heavy atom. The smallest absolute Gasteiger partial charge is 0.325 e. The molecule has 0 aromatic rings. The number of rotatable bonds is 7. The SMILES string of the molecule is CCNC(C)(CC(C)N(C)C1CC1)C(=O)OC. The van der Waals surface area contributed by atoms with Crippen molar-refractivity contribution >= 4 is 5.97 Å². The van der Waals surface area contributed by atoms with Gasteiger partial charge in [-0.3, -0.25) is 4.79 Å². The molecule has 4 nitrogen and oxygen atoms in total. The van der Waals surface area contributed by atoms with Gasteiger partial charge in [0.25, 0.3) is 0 Å². The van der Waals surface area contributed by atoms with Crippen LogP contribution >= 0.6 is 0 Å². The molecule has 1 rings (SSSR count). The lowest BCUT2D eigenvalue weighted by Gasteiger charge is -2.34. The molecule has 0 radical (unpaired) electrons. The second-order valence-corrected chi connectivity index (χ2v) is 5.30. The summed E-state index contributed by atoms with van der Waals surface area (Å²) in [5.41, 5.74) is -0.577. The summed E-state index contributed by atoms with van der Waals surface area (Å²) in [4.78, 5) is 14.2. The zero-order chi connectivity index (χ0) is 13.1. The van der Waals surface area contributed by atoms with Crippen LogP contribution in [0.1, 0.15) is 40.0 Å². The van der Waals surface area contributed by atoms with E-state index in [1.54, 1.807) is 0 Å². The molecular weight excluding hydrogens is 216 g/mol. The quantitative estimate of drug-likeness (QED) is 0.685. The number of methoxy groups -OCH3 is 1. The van der Waals surface area contributed by atoms with Crippen LogP contribution in [0, 0.1) is 0 Å². The summed E-state index contributed by atoms with van der Waals surface area (Å²) in [6, 6.07) is 1.10. The first-order valence-electron chi connectivity index (χ1n) is 6.50. The molecule has 0 spiro atoms. The summed E-state index contributed by atoms with van der Waals surface area (Å²) in [6.45, 7) is 6.89. The van der Waals surface area contributed by atoms with Crippen LogP contribution in [0.25, 0.3) is 0 Å². The molecule has 1 fully saturated rings. The van der Waals surface area contributed by atoms with Gasteiger partial charge < -0.3 is 15.0 Å². The van der Waals surface area contributed by atoms with Crippen molar-refractivity contribution < 1.29 is 9.53 Å². The Labute approximate surface area is 105 Å². The molecule has 0 amide bonds. The van der Waals surface area contributed by atoms with E-state index in [9.17, 15) is 4.79 Å². The Hall–Kier alpha value is -0.610. The average molecular weight is 242 g/mol. The average Bonchev–Trinajstić information content (AvgIpc) is 3.10. The number of likely N-dealkylation sites (N-methyl/N-ethyl adjacent to an activating group) is 1. The first kappa shape index (κ1) is 14.5. The zero-order valence-electron chi connectivity index (χ0n) is 11.7. The van der Waals surface area contributed by atoms with Crippen molar-refractivity contribution in [2.75, 3.05) is 20.7 Å². The third-order valence-corrected chi connectivity index (χ3v) is 3.72. The molecule has 17 heavy (non-hydrogen) atoms. The van der Waals surface area contributed by atoms with Crippen LogP contribution in [0.4, 0.5) is 0 Å². The molecular formula is C13H26N2O2. The Morgan fingerprint density at radius 3 is 2.59 bits per heavy atom. The minimum Gasteiger partial charge on any atom is -0.468 e. The van der Waals surface area contributed by atoms with E-state index in [0.717, 1.165) is 13.0 Å². The van der Waals surface area contributed by atoms with E-state index in [4.69, 9.17) is 4.74 Å². The Kier molecular flexibility index (Phi) is 4.95. The molecule has 0 aromatic carbocycles. The Balaban J connectivity index is 2.61. The van der Waals surface area contributed by atoms with Crippen LogP contribution in [0.15, 0.2) is 0 Å². The highest BCUT2D eigenvalue weighted by atomic mass is 16.5. The van der Waals surface area contributed by atoms with Crippen LogP contribution < -0.4 is 5.32 Å². The molecule has 2 unspecified atom stereocenters. The number of nitrogens with one attached hydrogen (secondary N) is 1. The van der Waals surface area contributed by atoms with Crippen molar-refractivity contribution in [1.29, 1.82) is 0 Å². The van der Waals surface area contributed by atoms with E-state index in [1.165, 1.54) is 20.0 Å². The summed E-state index contributed by atoms with van der Waals surface area (Å²) in [5, 5.41) is 3.25. The predicted octanol–water partition coefficient (Wildman–Crippen LogP) is 1.40. The lowest BCUT2D eigenvalue weighted by atomic mass is 9.93. The Bertz CT molecular complexity index is 266. The highest BCUT2D eigenvalue weighted by molar-refractivity contribution is 5.80. The number of hydrogen-bond acceptors (Lipinski definition) is 4. The van der Waals surface area contributed by atoms with Gasteiger partial charge in [0.1, 0.15) is 5.54 Å². The molecule has 0 aromatic heterocycles. The first-order chi connectivity index (χ1) is 7.94. The zero-order valence-corrected chi connectivity index (χ0v) is 11.7. The fraction of sp³-hybridized carbons (Fsp3) is 0.923. The number of ether oxygens (including phenoxy) is 1. The van der Waals surface area contributed by atoms with Gasteiger partial charge in [-0.05, 0) is 46.7 Å². The van der Waals surface area contributed by atoms with Gasteiger partial charge in [0.15, 0.2) is 0 Å². The number of esters is 1. The normalized spacial score (nSPS) is 21.1. The lowest BCUT2D eigenvalue weighted by molar-refractivity contribution is -0.148. The highest BCUT2D eigenvalue weighted by Gasteiger charge is 2.38. The third kappa shape index (κ3) is 3.68. The Morgan fingerprint density at radius 1 is 1.59 bits per heavy atom. The molecule has 0 saturated heterocycles. The van der Waals surface area contributed by atoms with E-state index < -0.39 is 5.54 Å². The van der Waals surface area contributed by atoms with Crippen molar-refractivity contribution in [3.63, 3.8) is 0 Å². The molecule has 0 bridgehead atoms. The molecule has 1 aliphatic rings. The van der Waals surface area contributed by atoms with Crippen LogP contribution in [0.3, 0.4) is 0 Å². The largest absolute Gasteiger partial charge is 0.468 e. The molecule has 1 N–H and O–H groups in total. The number of carbonyl (C=O) groups is 1. The summed E-state index contributed by atoms with van der Waals surface area (Å²) in [5.74, 6) is -0.171. The third-order valence-electron chi connectivity index (χ3n) is 3.72. The fourth-order valence-corrected chi connectivity index (χ4v) is 2.42. The molecule has 0 aliphatic heterocycles. The van der Waals surface area contributed by atoms with Gasteiger partial charge in [0.2, 0.25) is 0 Å². The fourth-order valence-electron chi connectivity index (χ4n) is 2.42. The minimum atomic E-state index is -0.577. The van der Waals surface area contributed by atoms with E-state index >= 15 is 0 Å². The van der Waals surface area contributed by atoms with Crippen molar-refractivity contribution in [3.8, 4) is 0 Å². The van der Waals surface area contributed by atoms with Gasteiger partial charge >= 0.3 is 5.97 Å². The summed E-state index contributed by atoms with van der Waals surface area (Å²) in [6.07, 6.45) is 3.36. The van der Waals surface area contributed by atoms with Crippen molar-refractivity contribution in [1.82, 2.24) is 10.2 Å². The van der Waals surface area contributed by atoms with E-state index in [2.05, 4.69) is 24.2 Å². The highest BCUT2D eigenvalue weighted by Crippen LogP contribution is 2.29. The molecule has 2 atom stereocenters. The standard InChI is InChI=1S/C13H26N2O2/c1-6-14-13(3,12(16)17-5)9-10(2)15(4)11-7-8-11/h10-11,14H,6-9H2,1-5H3. The number of carbonyl (C=O) groups excluding carboxylic acids is 1. The van der Waals surface area contributed by atoms with Gasteiger partial charge in [-0.15, -0.1) is 0 Å². The van der Waals surface area contributed by atoms with E-state index in [-0.39, 0.29) is 5.97 Å². The van der Waals surface area contributed by atoms with Crippen LogP contribution in [0.5, 0.6) is 0 Å². The topological polar surface area (TPSA) is 41.6 Å². The lowest BCUT2D eigenvalue weighted by Crippen LogP contribution is -2.53. The second kappa shape index (κ2) is 5.83. The van der Waals surface area contributed by atoms with Crippen LogP contribution in [0.2, 0.25) is 0 Å². The molecule has 0 heterocycles.